The van der Waals surface area contributed by atoms with Crippen molar-refractivity contribution >= 4 is 43.0 Å². The number of halogens is 1. The number of rotatable bonds is 4. The van der Waals surface area contributed by atoms with Crippen LogP contribution in [0.25, 0.3) is 0 Å². The summed E-state index contributed by atoms with van der Waals surface area (Å²) in [5, 5.41) is 5.83. The Hall–Kier alpha value is -1.18. The van der Waals surface area contributed by atoms with Crippen LogP contribution in [0.2, 0.25) is 0 Å². The maximum Gasteiger partial charge on any atom is 0.276 e. The van der Waals surface area contributed by atoms with Gasteiger partial charge in [0.15, 0.2) is 0 Å². The molecule has 0 unspecified atom stereocenters. The van der Waals surface area contributed by atoms with Gasteiger partial charge in [-0.25, -0.2) is 0 Å². The van der Waals surface area contributed by atoms with E-state index in [9.17, 15) is 8.42 Å². The van der Waals surface area contributed by atoms with Crippen LogP contribution in [0, 0.1) is 0 Å². The van der Waals surface area contributed by atoms with Crippen molar-refractivity contribution in [3.63, 3.8) is 0 Å². The number of thiophene rings is 1. The van der Waals surface area contributed by atoms with Crippen LogP contribution < -0.4 is 4.83 Å². The van der Waals surface area contributed by atoms with E-state index in [4.69, 9.17) is 0 Å². The van der Waals surface area contributed by atoms with Crippen LogP contribution in [0.15, 0.2) is 56.2 Å². The highest BCUT2D eigenvalue weighted by Gasteiger charge is 2.12. The molecule has 2 aromatic rings. The van der Waals surface area contributed by atoms with Crippen molar-refractivity contribution in [3.05, 3.63) is 51.1 Å². The van der Waals surface area contributed by atoms with E-state index in [0.29, 0.717) is 5.71 Å². The molecule has 1 aromatic heterocycles. The lowest BCUT2D eigenvalue weighted by atomic mass is 10.3. The highest BCUT2D eigenvalue weighted by molar-refractivity contribution is 9.10. The third-order valence-electron chi connectivity index (χ3n) is 2.34. The topological polar surface area (TPSA) is 58.5 Å². The zero-order chi connectivity index (χ0) is 13.9. The fourth-order valence-electron chi connectivity index (χ4n) is 1.33. The molecule has 0 fully saturated rings. The van der Waals surface area contributed by atoms with E-state index in [0.717, 1.165) is 9.35 Å². The minimum absolute atomic E-state index is 0.179. The monoisotopic (exact) mass is 358 g/mol. The van der Waals surface area contributed by atoms with Crippen molar-refractivity contribution in [2.75, 3.05) is 0 Å². The molecule has 2 rings (SSSR count). The first-order valence-corrected chi connectivity index (χ1v) is 8.50. The zero-order valence-corrected chi connectivity index (χ0v) is 13.2. The molecule has 0 spiro atoms. The average Bonchev–Trinajstić information content (AvgIpc) is 2.90. The molecule has 0 amide bonds. The normalized spacial score (nSPS) is 12.4. The predicted molar refractivity (Wildman–Crippen MR) is 81.0 cm³/mol. The van der Waals surface area contributed by atoms with Crippen LogP contribution in [0.5, 0.6) is 0 Å². The molecule has 4 nitrogen and oxygen atoms in total. The molecule has 7 heteroatoms. The summed E-state index contributed by atoms with van der Waals surface area (Å²) in [4.78, 5) is 3.34. The smallest absolute Gasteiger partial charge is 0.200 e. The molecule has 1 heterocycles. The Morgan fingerprint density at radius 3 is 2.53 bits per heavy atom. The van der Waals surface area contributed by atoms with Crippen LogP contribution in [0.3, 0.4) is 0 Å². The Morgan fingerprint density at radius 1 is 1.26 bits per heavy atom. The number of hydrogen-bond acceptors (Lipinski definition) is 4. The molecular formula is C12H11BrN2O2S2. The Balaban J connectivity index is 2.18. The standard InChI is InChI=1S/C12H11BrN2O2S2/c1-9(12-3-2-8-18-12)14-15-19(16,17)11-6-4-10(13)5-7-11/h2-8,15H,1H3. The Kier molecular flexibility index (Phi) is 4.38. The molecule has 1 N–H and O–H groups in total. The minimum Gasteiger partial charge on any atom is -0.200 e. The number of nitrogens with zero attached hydrogens (tertiary/aromatic N) is 1. The van der Waals surface area contributed by atoms with Gasteiger partial charge in [0.2, 0.25) is 0 Å². The van der Waals surface area contributed by atoms with Crippen LogP contribution in [-0.4, -0.2) is 14.1 Å². The van der Waals surface area contributed by atoms with Gasteiger partial charge in [0.1, 0.15) is 0 Å². The largest absolute Gasteiger partial charge is 0.276 e. The first-order valence-electron chi connectivity index (χ1n) is 5.34. The molecule has 0 aliphatic carbocycles. The summed E-state index contributed by atoms with van der Waals surface area (Å²) in [6.07, 6.45) is 0. The zero-order valence-electron chi connectivity index (χ0n) is 10.00. The molecular weight excluding hydrogens is 348 g/mol. The van der Waals surface area contributed by atoms with E-state index in [2.05, 4.69) is 25.9 Å². The molecule has 0 saturated heterocycles. The SMILES string of the molecule is CC(=NNS(=O)(=O)c1ccc(Br)cc1)c1cccs1. The summed E-state index contributed by atoms with van der Waals surface area (Å²) in [6.45, 7) is 1.76. The van der Waals surface area contributed by atoms with Crippen molar-refractivity contribution in [2.45, 2.75) is 11.8 Å². The van der Waals surface area contributed by atoms with Crippen LogP contribution >= 0.6 is 27.3 Å². The second-order valence-electron chi connectivity index (χ2n) is 3.72. The lowest BCUT2D eigenvalue weighted by Gasteiger charge is -2.04. The lowest BCUT2D eigenvalue weighted by Crippen LogP contribution is -2.19. The van der Waals surface area contributed by atoms with E-state index < -0.39 is 10.0 Å². The van der Waals surface area contributed by atoms with E-state index in [1.165, 1.54) is 23.5 Å². The lowest BCUT2D eigenvalue weighted by molar-refractivity contribution is 0.584. The molecule has 0 saturated carbocycles. The average molecular weight is 359 g/mol. The van der Waals surface area contributed by atoms with Crippen LogP contribution in [-0.2, 0) is 10.0 Å². The summed E-state index contributed by atoms with van der Waals surface area (Å²) in [5.74, 6) is 0. The highest BCUT2D eigenvalue weighted by atomic mass is 79.9. The number of nitrogens with one attached hydrogen (secondary N) is 1. The van der Waals surface area contributed by atoms with Crippen molar-refractivity contribution in [2.24, 2.45) is 5.10 Å². The molecule has 100 valence electrons. The van der Waals surface area contributed by atoms with Gasteiger partial charge in [-0.15, -0.1) is 11.3 Å². The Bertz CT molecular complexity index is 677. The van der Waals surface area contributed by atoms with Gasteiger partial charge in [0.05, 0.1) is 15.5 Å². The van der Waals surface area contributed by atoms with E-state index in [1.807, 2.05) is 17.5 Å². The van der Waals surface area contributed by atoms with Gasteiger partial charge in [0.25, 0.3) is 10.0 Å². The van der Waals surface area contributed by atoms with E-state index in [-0.39, 0.29) is 4.90 Å². The Morgan fingerprint density at radius 2 is 1.95 bits per heavy atom. The van der Waals surface area contributed by atoms with Crippen LogP contribution in [0.4, 0.5) is 0 Å². The van der Waals surface area contributed by atoms with Crippen molar-refractivity contribution in [3.8, 4) is 0 Å². The van der Waals surface area contributed by atoms with Gasteiger partial charge in [-0.3, -0.25) is 0 Å². The van der Waals surface area contributed by atoms with Crippen molar-refractivity contribution in [1.82, 2.24) is 4.83 Å². The summed E-state index contributed by atoms with van der Waals surface area (Å²) in [6, 6.07) is 10.2. The van der Waals surface area contributed by atoms with Gasteiger partial charge in [-0.1, -0.05) is 22.0 Å². The number of hydrazone groups is 1. The highest BCUT2D eigenvalue weighted by Crippen LogP contribution is 2.15. The van der Waals surface area contributed by atoms with Crippen LogP contribution in [0.1, 0.15) is 11.8 Å². The third kappa shape index (κ3) is 3.65. The van der Waals surface area contributed by atoms with E-state index >= 15 is 0 Å². The van der Waals surface area contributed by atoms with Gasteiger partial charge in [-0.2, -0.15) is 18.4 Å². The number of hydrogen-bond donors (Lipinski definition) is 1. The molecule has 0 aliphatic heterocycles. The summed E-state index contributed by atoms with van der Waals surface area (Å²) in [5.41, 5.74) is 0.635. The second-order valence-corrected chi connectivity index (χ2v) is 7.25. The maximum absolute atomic E-state index is 12.0. The predicted octanol–water partition coefficient (Wildman–Crippen LogP) is 3.21. The summed E-state index contributed by atoms with van der Waals surface area (Å²) >= 11 is 4.77. The fourth-order valence-corrected chi connectivity index (χ4v) is 3.13. The third-order valence-corrected chi connectivity index (χ3v) is 5.07. The van der Waals surface area contributed by atoms with Gasteiger partial charge < -0.3 is 0 Å². The van der Waals surface area contributed by atoms with Gasteiger partial charge in [-0.05, 0) is 42.6 Å². The summed E-state index contributed by atoms with van der Waals surface area (Å²) in [7, 11) is -3.62. The first-order chi connectivity index (χ1) is 8.99. The molecule has 0 bridgehead atoms. The first kappa shape index (κ1) is 14.2. The van der Waals surface area contributed by atoms with E-state index in [1.54, 1.807) is 19.1 Å². The second kappa shape index (κ2) is 5.85. The van der Waals surface area contributed by atoms with Gasteiger partial charge in [0, 0.05) is 4.47 Å². The Labute approximate surface area is 124 Å². The summed E-state index contributed by atoms with van der Waals surface area (Å²) < 4.78 is 24.8. The molecule has 0 radical (unpaired) electrons. The maximum atomic E-state index is 12.0. The molecule has 0 atom stereocenters. The fraction of sp³-hybridized carbons (Fsp3) is 0.0833. The molecule has 0 aliphatic rings. The molecule has 1 aromatic carbocycles. The van der Waals surface area contributed by atoms with Crippen molar-refractivity contribution in [1.29, 1.82) is 0 Å². The minimum atomic E-state index is -3.62. The number of benzene rings is 1. The van der Waals surface area contributed by atoms with Gasteiger partial charge >= 0.3 is 0 Å². The quantitative estimate of drug-likeness (QED) is 0.673. The molecule has 19 heavy (non-hydrogen) atoms. The van der Waals surface area contributed by atoms with Crippen molar-refractivity contribution < 1.29 is 8.42 Å². The number of sulfonamides is 1.